The molecule has 0 amide bonds. The standard InChI is InChI=1S/C12H14BrNO2/c1-9(14-8-7-12(15)16-2)10-3-5-11(13)6-4-10/h3-9,14H,1-2H3/b8-7+. The van der Waals surface area contributed by atoms with E-state index in [-0.39, 0.29) is 12.0 Å². The van der Waals surface area contributed by atoms with Gasteiger partial charge in [-0.3, -0.25) is 0 Å². The summed E-state index contributed by atoms with van der Waals surface area (Å²) in [7, 11) is 1.35. The van der Waals surface area contributed by atoms with E-state index in [9.17, 15) is 4.79 Å². The third-order valence-electron chi connectivity index (χ3n) is 2.14. The van der Waals surface area contributed by atoms with Crippen molar-refractivity contribution in [3.8, 4) is 0 Å². The second-order valence-corrected chi connectivity index (χ2v) is 4.21. The molecule has 1 N–H and O–H groups in total. The lowest BCUT2D eigenvalue weighted by molar-refractivity contribution is -0.134. The van der Waals surface area contributed by atoms with E-state index < -0.39 is 0 Å². The first-order valence-corrected chi connectivity index (χ1v) is 5.69. The Morgan fingerprint density at radius 3 is 2.62 bits per heavy atom. The van der Waals surface area contributed by atoms with E-state index in [0.717, 1.165) is 10.0 Å². The molecule has 1 unspecified atom stereocenters. The van der Waals surface area contributed by atoms with Crippen LogP contribution >= 0.6 is 15.9 Å². The zero-order valence-electron chi connectivity index (χ0n) is 9.24. The van der Waals surface area contributed by atoms with Gasteiger partial charge >= 0.3 is 5.97 Å². The van der Waals surface area contributed by atoms with Gasteiger partial charge in [0.05, 0.1) is 7.11 Å². The van der Waals surface area contributed by atoms with E-state index in [1.807, 2.05) is 31.2 Å². The third-order valence-corrected chi connectivity index (χ3v) is 2.67. The Morgan fingerprint density at radius 1 is 1.44 bits per heavy atom. The predicted molar refractivity (Wildman–Crippen MR) is 66.8 cm³/mol. The fourth-order valence-electron chi connectivity index (χ4n) is 1.18. The molecule has 1 rings (SSSR count). The predicted octanol–water partition coefficient (Wildman–Crippen LogP) is 2.79. The summed E-state index contributed by atoms with van der Waals surface area (Å²) in [6, 6.07) is 8.16. The number of ether oxygens (including phenoxy) is 1. The van der Waals surface area contributed by atoms with Gasteiger partial charge in [-0.1, -0.05) is 28.1 Å². The lowest BCUT2D eigenvalue weighted by Crippen LogP contribution is -2.12. The first-order valence-electron chi connectivity index (χ1n) is 4.89. The average molecular weight is 284 g/mol. The number of benzene rings is 1. The van der Waals surface area contributed by atoms with Gasteiger partial charge in [0.25, 0.3) is 0 Å². The van der Waals surface area contributed by atoms with E-state index in [1.165, 1.54) is 13.2 Å². The summed E-state index contributed by atoms with van der Waals surface area (Å²) in [5.41, 5.74) is 1.15. The highest BCUT2D eigenvalue weighted by atomic mass is 79.9. The molecule has 0 radical (unpaired) electrons. The summed E-state index contributed by atoms with van der Waals surface area (Å²) >= 11 is 3.38. The molecule has 1 aromatic carbocycles. The van der Waals surface area contributed by atoms with Crippen LogP contribution in [0, 0.1) is 0 Å². The highest BCUT2D eigenvalue weighted by Crippen LogP contribution is 2.16. The number of rotatable bonds is 4. The van der Waals surface area contributed by atoms with E-state index in [1.54, 1.807) is 6.20 Å². The smallest absolute Gasteiger partial charge is 0.331 e. The van der Waals surface area contributed by atoms with E-state index in [4.69, 9.17) is 0 Å². The largest absolute Gasteiger partial charge is 0.466 e. The van der Waals surface area contributed by atoms with Gasteiger partial charge in [0.15, 0.2) is 0 Å². The van der Waals surface area contributed by atoms with Crippen molar-refractivity contribution in [2.45, 2.75) is 13.0 Å². The van der Waals surface area contributed by atoms with E-state index in [2.05, 4.69) is 26.0 Å². The minimum atomic E-state index is -0.365. The minimum absolute atomic E-state index is 0.147. The molecule has 0 spiro atoms. The molecule has 0 aliphatic heterocycles. The summed E-state index contributed by atoms with van der Waals surface area (Å²) in [5, 5.41) is 3.09. The SMILES string of the molecule is COC(=O)/C=C/NC(C)c1ccc(Br)cc1. The molecule has 1 atom stereocenters. The molecule has 0 aliphatic rings. The zero-order valence-corrected chi connectivity index (χ0v) is 10.8. The highest BCUT2D eigenvalue weighted by Gasteiger charge is 2.01. The Morgan fingerprint density at radius 2 is 2.06 bits per heavy atom. The maximum Gasteiger partial charge on any atom is 0.331 e. The third kappa shape index (κ3) is 4.06. The van der Waals surface area contributed by atoms with Crippen LogP contribution in [0.1, 0.15) is 18.5 Å². The Kier molecular flexibility index (Phi) is 5.05. The number of carbonyl (C=O) groups is 1. The van der Waals surface area contributed by atoms with Crippen LogP contribution in [0.5, 0.6) is 0 Å². The van der Waals surface area contributed by atoms with Crippen molar-refractivity contribution in [2.24, 2.45) is 0 Å². The summed E-state index contributed by atoms with van der Waals surface area (Å²) in [4.78, 5) is 10.8. The van der Waals surface area contributed by atoms with Crippen LogP contribution in [-0.4, -0.2) is 13.1 Å². The van der Waals surface area contributed by atoms with Crippen LogP contribution in [0.25, 0.3) is 0 Å². The Labute approximate surface area is 104 Å². The van der Waals surface area contributed by atoms with Crippen LogP contribution in [0.3, 0.4) is 0 Å². The fraction of sp³-hybridized carbons (Fsp3) is 0.250. The van der Waals surface area contributed by atoms with E-state index >= 15 is 0 Å². The maximum absolute atomic E-state index is 10.8. The molecule has 0 fully saturated rings. The number of carbonyl (C=O) groups excluding carboxylic acids is 1. The molecule has 0 bridgehead atoms. The number of hydrogen-bond acceptors (Lipinski definition) is 3. The molecule has 86 valence electrons. The first-order chi connectivity index (χ1) is 7.63. The van der Waals surface area contributed by atoms with Gasteiger partial charge in [0.2, 0.25) is 0 Å². The average Bonchev–Trinajstić information content (AvgIpc) is 2.29. The van der Waals surface area contributed by atoms with Gasteiger partial charge in [-0.05, 0) is 24.6 Å². The molecule has 0 saturated carbocycles. The van der Waals surface area contributed by atoms with Crippen molar-refractivity contribution in [1.82, 2.24) is 5.32 Å². The van der Waals surface area contributed by atoms with Crippen molar-refractivity contribution in [2.75, 3.05) is 7.11 Å². The molecular formula is C12H14BrNO2. The number of nitrogens with one attached hydrogen (secondary N) is 1. The van der Waals surface area contributed by atoms with Crippen molar-refractivity contribution < 1.29 is 9.53 Å². The first kappa shape index (κ1) is 12.8. The van der Waals surface area contributed by atoms with Gasteiger partial charge in [-0.25, -0.2) is 4.79 Å². The molecular weight excluding hydrogens is 270 g/mol. The van der Waals surface area contributed by atoms with Gasteiger partial charge in [-0.2, -0.15) is 0 Å². The molecule has 0 heterocycles. The maximum atomic E-state index is 10.8. The number of hydrogen-bond donors (Lipinski definition) is 1. The van der Waals surface area contributed by atoms with Gasteiger partial charge in [0, 0.05) is 22.8 Å². The summed E-state index contributed by atoms with van der Waals surface area (Å²) in [5.74, 6) is -0.365. The van der Waals surface area contributed by atoms with Gasteiger partial charge in [0.1, 0.15) is 0 Å². The fourth-order valence-corrected chi connectivity index (χ4v) is 1.44. The van der Waals surface area contributed by atoms with E-state index in [0.29, 0.717) is 0 Å². The number of methoxy groups -OCH3 is 1. The van der Waals surface area contributed by atoms with Crippen LogP contribution in [0.15, 0.2) is 41.0 Å². The molecule has 1 aromatic rings. The second-order valence-electron chi connectivity index (χ2n) is 3.30. The summed E-state index contributed by atoms with van der Waals surface area (Å²) < 4.78 is 5.53. The molecule has 0 aromatic heterocycles. The van der Waals surface area contributed by atoms with Crippen molar-refractivity contribution in [3.63, 3.8) is 0 Å². The lowest BCUT2D eigenvalue weighted by atomic mass is 10.1. The molecule has 4 heteroatoms. The van der Waals surface area contributed by atoms with Crippen LogP contribution < -0.4 is 5.32 Å². The summed E-state index contributed by atoms with van der Waals surface area (Å²) in [6.07, 6.45) is 2.95. The van der Waals surface area contributed by atoms with Crippen molar-refractivity contribution in [1.29, 1.82) is 0 Å². The van der Waals surface area contributed by atoms with Crippen LogP contribution in [0.2, 0.25) is 0 Å². The van der Waals surface area contributed by atoms with Gasteiger partial charge in [-0.15, -0.1) is 0 Å². The minimum Gasteiger partial charge on any atom is -0.466 e. The molecule has 3 nitrogen and oxygen atoms in total. The highest BCUT2D eigenvalue weighted by molar-refractivity contribution is 9.10. The number of halogens is 1. The summed E-state index contributed by atoms with van der Waals surface area (Å²) in [6.45, 7) is 2.02. The normalized spacial score (nSPS) is 12.4. The molecule has 0 saturated heterocycles. The Hall–Kier alpha value is -1.29. The lowest BCUT2D eigenvalue weighted by Gasteiger charge is -2.11. The van der Waals surface area contributed by atoms with Crippen LogP contribution in [-0.2, 0) is 9.53 Å². The van der Waals surface area contributed by atoms with Crippen molar-refractivity contribution >= 4 is 21.9 Å². The number of esters is 1. The molecule has 16 heavy (non-hydrogen) atoms. The van der Waals surface area contributed by atoms with Crippen molar-refractivity contribution in [3.05, 3.63) is 46.6 Å². The second kappa shape index (κ2) is 6.33. The Bertz CT molecular complexity index is 373. The topological polar surface area (TPSA) is 38.3 Å². The quantitative estimate of drug-likeness (QED) is 0.682. The zero-order chi connectivity index (χ0) is 12.0. The van der Waals surface area contributed by atoms with Crippen LogP contribution in [0.4, 0.5) is 0 Å². The Balaban J connectivity index is 2.52. The van der Waals surface area contributed by atoms with Gasteiger partial charge < -0.3 is 10.1 Å². The molecule has 0 aliphatic carbocycles. The monoisotopic (exact) mass is 283 g/mol.